The van der Waals surface area contributed by atoms with Crippen molar-refractivity contribution in [3.63, 3.8) is 0 Å². The summed E-state index contributed by atoms with van der Waals surface area (Å²) < 4.78 is 38.9. The van der Waals surface area contributed by atoms with Crippen LogP contribution in [0.5, 0.6) is 11.5 Å². The van der Waals surface area contributed by atoms with Crippen molar-refractivity contribution in [2.45, 2.75) is 31.6 Å². The van der Waals surface area contributed by atoms with Gasteiger partial charge in [-0.25, -0.2) is 8.42 Å². The Morgan fingerprint density at radius 3 is 2.24 bits per heavy atom. The van der Waals surface area contributed by atoms with Crippen LogP contribution < -0.4 is 14.4 Å². The van der Waals surface area contributed by atoms with Crippen LogP contribution in [0.1, 0.15) is 26.7 Å². The Kier molecular flexibility index (Phi) is 7.39. The molecule has 0 spiro atoms. The first kappa shape index (κ1) is 21.5. The van der Waals surface area contributed by atoms with Crippen LogP contribution in [0.15, 0.2) is 53.4 Å². The predicted molar refractivity (Wildman–Crippen MR) is 115 cm³/mol. The summed E-state index contributed by atoms with van der Waals surface area (Å²) in [7, 11) is -3.51. The van der Waals surface area contributed by atoms with Crippen LogP contribution in [0.2, 0.25) is 0 Å². The van der Waals surface area contributed by atoms with Gasteiger partial charge in [0.1, 0.15) is 11.5 Å². The highest BCUT2D eigenvalue weighted by Gasteiger charge is 2.29. The topological polar surface area (TPSA) is 59.1 Å². The number of hydrogen-bond donors (Lipinski definition) is 0. The minimum absolute atomic E-state index is 0.309. The SMILES string of the molecule is CCCCOc1ccc(S(=O)(=O)N2CCN(c3ccccc3OCC)CC2)cc1. The van der Waals surface area contributed by atoms with Gasteiger partial charge in [-0.2, -0.15) is 4.31 Å². The van der Waals surface area contributed by atoms with Crippen LogP contribution >= 0.6 is 0 Å². The van der Waals surface area contributed by atoms with Crippen LogP contribution in [0.4, 0.5) is 5.69 Å². The molecule has 0 N–H and O–H groups in total. The zero-order valence-corrected chi connectivity index (χ0v) is 18.0. The Labute approximate surface area is 174 Å². The van der Waals surface area contributed by atoms with Gasteiger partial charge in [-0.05, 0) is 49.7 Å². The molecule has 2 aromatic rings. The molecular weight excluding hydrogens is 388 g/mol. The fourth-order valence-corrected chi connectivity index (χ4v) is 4.78. The van der Waals surface area contributed by atoms with E-state index in [1.165, 1.54) is 0 Å². The maximum Gasteiger partial charge on any atom is 0.243 e. The van der Waals surface area contributed by atoms with Gasteiger partial charge in [-0.3, -0.25) is 0 Å². The lowest BCUT2D eigenvalue weighted by atomic mass is 10.2. The van der Waals surface area contributed by atoms with Crippen molar-refractivity contribution in [1.29, 1.82) is 0 Å². The lowest BCUT2D eigenvalue weighted by molar-refractivity contribution is 0.309. The van der Waals surface area contributed by atoms with E-state index in [4.69, 9.17) is 9.47 Å². The number of rotatable bonds is 9. The van der Waals surface area contributed by atoms with E-state index in [2.05, 4.69) is 11.8 Å². The van der Waals surface area contributed by atoms with Crippen molar-refractivity contribution in [1.82, 2.24) is 4.31 Å². The monoisotopic (exact) mass is 418 g/mol. The number of hydrogen-bond acceptors (Lipinski definition) is 5. The fraction of sp³-hybridized carbons (Fsp3) is 0.455. The summed E-state index contributed by atoms with van der Waals surface area (Å²) in [6.07, 6.45) is 2.05. The Morgan fingerprint density at radius 2 is 1.59 bits per heavy atom. The van der Waals surface area contributed by atoms with Crippen LogP contribution in [0.3, 0.4) is 0 Å². The van der Waals surface area contributed by atoms with Gasteiger partial charge in [-0.1, -0.05) is 25.5 Å². The van der Waals surface area contributed by atoms with E-state index in [0.29, 0.717) is 50.0 Å². The molecule has 0 atom stereocenters. The minimum atomic E-state index is -3.51. The Balaban J connectivity index is 1.64. The molecule has 1 aliphatic rings. The number of nitrogens with zero attached hydrogens (tertiary/aromatic N) is 2. The highest BCUT2D eigenvalue weighted by atomic mass is 32.2. The van der Waals surface area contributed by atoms with E-state index in [0.717, 1.165) is 24.3 Å². The van der Waals surface area contributed by atoms with Crippen molar-refractivity contribution in [3.8, 4) is 11.5 Å². The number of anilines is 1. The molecule has 0 unspecified atom stereocenters. The molecule has 0 radical (unpaired) electrons. The van der Waals surface area contributed by atoms with Gasteiger partial charge in [0.15, 0.2) is 0 Å². The van der Waals surface area contributed by atoms with E-state index in [1.807, 2.05) is 31.2 Å². The average molecular weight is 419 g/mol. The molecule has 0 bridgehead atoms. The second-order valence-corrected chi connectivity index (χ2v) is 8.90. The molecule has 7 heteroatoms. The first-order valence-electron chi connectivity index (χ1n) is 10.3. The second kappa shape index (κ2) is 9.98. The zero-order chi connectivity index (χ0) is 20.7. The number of ether oxygens (including phenoxy) is 2. The highest BCUT2D eigenvalue weighted by Crippen LogP contribution is 2.30. The van der Waals surface area contributed by atoms with Crippen LogP contribution in [0.25, 0.3) is 0 Å². The lowest BCUT2D eigenvalue weighted by Crippen LogP contribution is -2.48. The van der Waals surface area contributed by atoms with Crippen LogP contribution in [-0.4, -0.2) is 52.1 Å². The van der Waals surface area contributed by atoms with Gasteiger partial charge < -0.3 is 14.4 Å². The summed E-state index contributed by atoms with van der Waals surface area (Å²) in [5.41, 5.74) is 1.01. The molecule has 0 saturated carbocycles. The smallest absolute Gasteiger partial charge is 0.243 e. The molecule has 0 aliphatic carbocycles. The van der Waals surface area contributed by atoms with Crippen molar-refractivity contribution < 1.29 is 17.9 Å². The Bertz CT molecular complexity index is 876. The third-order valence-corrected chi connectivity index (χ3v) is 6.89. The average Bonchev–Trinajstić information content (AvgIpc) is 2.75. The van der Waals surface area contributed by atoms with Crippen molar-refractivity contribution >= 4 is 15.7 Å². The number of piperazine rings is 1. The molecule has 1 heterocycles. The van der Waals surface area contributed by atoms with Gasteiger partial charge in [0.2, 0.25) is 10.0 Å². The molecule has 0 amide bonds. The maximum absolute atomic E-state index is 13.0. The quantitative estimate of drug-likeness (QED) is 0.580. The summed E-state index contributed by atoms with van der Waals surface area (Å²) >= 11 is 0. The lowest BCUT2D eigenvalue weighted by Gasteiger charge is -2.36. The molecule has 0 aromatic heterocycles. The third kappa shape index (κ3) is 5.22. The van der Waals surface area contributed by atoms with E-state index in [-0.39, 0.29) is 0 Å². The molecule has 2 aromatic carbocycles. The molecule has 6 nitrogen and oxygen atoms in total. The molecule has 3 rings (SSSR count). The summed E-state index contributed by atoms with van der Waals surface area (Å²) in [5.74, 6) is 1.54. The molecule has 1 saturated heterocycles. The van der Waals surface area contributed by atoms with E-state index < -0.39 is 10.0 Å². The van der Waals surface area contributed by atoms with Gasteiger partial charge in [0, 0.05) is 26.2 Å². The van der Waals surface area contributed by atoms with Crippen LogP contribution in [-0.2, 0) is 10.0 Å². The Morgan fingerprint density at radius 1 is 0.897 bits per heavy atom. The highest BCUT2D eigenvalue weighted by molar-refractivity contribution is 7.89. The molecule has 158 valence electrons. The van der Waals surface area contributed by atoms with Crippen molar-refractivity contribution in [3.05, 3.63) is 48.5 Å². The Hall–Kier alpha value is -2.25. The predicted octanol–water partition coefficient (Wildman–Crippen LogP) is 3.78. The summed E-state index contributed by atoms with van der Waals surface area (Å²) in [5, 5.41) is 0. The molecule has 29 heavy (non-hydrogen) atoms. The summed E-state index contributed by atoms with van der Waals surface area (Å²) in [6.45, 7) is 7.45. The number of para-hydroxylation sites is 2. The van der Waals surface area contributed by atoms with E-state index >= 15 is 0 Å². The number of unbranched alkanes of at least 4 members (excludes halogenated alkanes) is 1. The maximum atomic E-state index is 13.0. The van der Waals surface area contributed by atoms with Gasteiger partial charge in [0.05, 0.1) is 23.8 Å². The van der Waals surface area contributed by atoms with Gasteiger partial charge in [-0.15, -0.1) is 0 Å². The molecule has 1 aliphatic heterocycles. The van der Waals surface area contributed by atoms with E-state index in [9.17, 15) is 8.42 Å². The largest absolute Gasteiger partial charge is 0.494 e. The van der Waals surface area contributed by atoms with Crippen molar-refractivity contribution in [2.24, 2.45) is 0 Å². The number of benzene rings is 2. The van der Waals surface area contributed by atoms with Crippen LogP contribution in [0, 0.1) is 0 Å². The fourth-order valence-electron chi connectivity index (χ4n) is 3.36. The number of sulfonamides is 1. The second-order valence-electron chi connectivity index (χ2n) is 6.97. The molecule has 1 fully saturated rings. The summed E-state index contributed by atoms with van der Waals surface area (Å²) in [4.78, 5) is 2.49. The van der Waals surface area contributed by atoms with Gasteiger partial charge in [0.25, 0.3) is 0 Å². The third-order valence-electron chi connectivity index (χ3n) is 4.97. The minimum Gasteiger partial charge on any atom is -0.494 e. The normalized spacial score (nSPS) is 15.3. The first-order valence-corrected chi connectivity index (χ1v) is 11.7. The van der Waals surface area contributed by atoms with E-state index in [1.54, 1.807) is 28.6 Å². The van der Waals surface area contributed by atoms with Gasteiger partial charge >= 0.3 is 0 Å². The van der Waals surface area contributed by atoms with Crippen molar-refractivity contribution in [2.75, 3.05) is 44.3 Å². The summed E-state index contributed by atoms with van der Waals surface area (Å²) in [6, 6.07) is 14.6. The standard InChI is InChI=1S/C22H30N2O4S/c1-3-5-18-28-19-10-12-20(13-11-19)29(25,26)24-16-14-23(15-17-24)21-8-6-7-9-22(21)27-4-2/h6-13H,3-5,14-18H2,1-2H3. The molecular formula is C22H30N2O4S. The zero-order valence-electron chi connectivity index (χ0n) is 17.2. The first-order chi connectivity index (χ1) is 14.1.